The molecule has 0 aliphatic carbocycles. The average molecular weight is 475 g/mol. The molecule has 0 unspecified atom stereocenters. The molecule has 1 aromatic heterocycles. The van der Waals surface area contributed by atoms with Crippen LogP contribution in [0.3, 0.4) is 0 Å². The molecule has 6 heteroatoms. The number of hydrogen-bond acceptors (Lipinski definition) is 3. The van der Waals surface area contributed by atoms with E-state index in [4.69, 9.17) is 4.98 Å². The summed E-state index contributed by atoms with van der Waals surface area (Å²) in [6.07, 6.45) is 4.78. The number of imidazole rings is 1. The zero-order valence-corrected chi connectivity index (χ0v) is 21.4. The highest BCUT2D eigenvalue weighted by Crippen LogP contribution is 2.18. The van der Waals surface area contributed by atoms with E-state index >= 15 is 0 Å². The lowest BCUT2D eigenvalue weighted by atomic mass is 10.1. The number of rotatable bonds is 12. The van der Waals surface area contributed by atoms with Crippen molar-refractivity contribution in [3.63, 3.8) is 0 Å². The SMILES string of the molecule is CC(C)CN(CC(C)C)C(=O)Cn1c(CCCNC(=O)/C=C\c2ccccc2)nc2ccccc21. The van der Waals surface area contributed by atoms with Gasteiger partial charge in [0.2, 0.25) is 11.8 Å². The van der Waals surface area contributed by atoms with Crippen LogP contribution in [-0.2, 0) is 22.6 Å². The second kappa shape index (κ2) is 12.9. The normalized spacial score (nSPS) is 11.6. The number of benzene rings is 2. The highest BCUT2D eigenvalue weighted by atomic mass is 16.2. The monoisotopic (exact) mass is 474 g/mol. The third kappa shape index (κ3) is 8.09. The van der Waals surface area contributed by atoms with Crippen LogP contribution in [0.25, 0.3) is 17.1 Å². The summed E-state index contributed by atoms with van der Waals surface area (Å²) in [5.74, 6) is 1.71. The van der Waals surface area contributed by atoms with Crippen LogP contribution in [0.15, 0.2) is 60.7 Å². The van der Waals surface area contributed by atoms with Gasteiger partial charge in [0.1, 0.15) is 12.4 Å². The van der Waals surface area contributed by atoms with E-state index in [0.29, 0.717) is 24.8 Å². The summed E-state index contributed by atoms with van der Waals surface area (Å²) in [4.78, 5) is 32.2. The fourth-order valence-electron chi connectivity index (χ4n) is 4.14. The highest BCUT2D eigenvalue weighted by molar-refractivity contribution is 5.91. The van der Waals surface area contributed by atoms with Crippen molar-refractivity contribution < 1.29 is 9.59 Å². The van der Waals surface area contributed by atoms with Gasteiger partial charge in [-0.2, -0.15) is 0 Å². The molecule has 0 aliphatic heterocycles. The Kier molecular flexibility index (Phi) is 9.65. The summed E-state index contributed by atoms with van der Waals surface area (Å²) in [5.41, 5.74) is 2.86. The van der Waals surface area contributed by atoms with Gasteiger partial charge in [-0.25, -0.2) is 4.98 Å². The summed E-state index contributed by atoms with van der Waals surface area (Å²) in [6.45, 7) is 10.9. The maximum absolute atomic E-state index is 13.3. The number of hydrogen-bond donors (Lipinski definition) is 1. The van der Waals surface area contributed by atoms with Crippen molar-refractivity contribution in [1.82, 2.24) is 19.8 Å². The number of carbonyl (C=O) groups is 2. The molecule has 6 nitrogen and oxygen atoms in total. The largest absolute Gasteiger partial charge is 0.353 e. The molecule has 0 aliphatic rings. The summed E-state index contributed by atoms with van der Waals surface area (Å²) < 4.78 is 2.04. The van der Waals surface area contributed by atoms with Crippen molar-refractivity contribution in [1.29, 1.82) is 0 Å². The molecule has 35 heavy (non-hydrogen) atoms. The number of amides is 2. The quantitative estimate of drug-likeness (QED) is 0.299. The van der Waals surface area contributed by atoms with Crippen LogP contribution in [0.1, 0.15) is 45.5 Å². The molecule has 3 aromatic rings. The Bertz CT molecular complexity index is 1120. The fourth-order valence-corrected chi connectivity index (χ4v) is 4.14. The summed E-state index contributed by atoms with van der Waals surface area (Å²) >= 11 is 0. The molecule has 0 atom stereocenters. The van der Waals surface area contributed by atoms with E-state index in [1.165, 1.54) is 0 Å². The molecule has 2 amide bonds. The third-order valence-electron chi connectivity index (χ3n) is 5.65. The maximum Gasteiger partial charge on any atom is 0.243 e. The first-order valence-corrected chi connectivity index (χ1v) is 12.6. The summed E-state index contributed by atoms with van der Waals surface area (Å²) in [7, 11) is 0. The predicted octanol–water partition coefficient (Wildman–Crippen LogP) is 4.94. The van der Waals surface area contributed by atoms with E-state index in [-0.39, 0.29) is 18.4 Å². The summed E-state index contributed by atoms with van der Waals surface area (Å²) in [5, 5.41) is 2.94. The Hall–Kier alpha value is -3.41. The lowest BCUT2D eigenvalue weighted by molar-refractivity contribution is -0.132. The molecule has 0 bridgehead atoms. The van der Waals surface area contributed by atoms with E-state index in [1.807, 2.05) is 64.1 Å². The van der Waals surface area contributed by atoms with Gasteiger partial charge in [0, 0.05) is 32.1 Å². The first-order chi connectivity index (χ1) is 16.8. The van der Waals surface area contributed by atoms with Crippen molar-refractivity contribution in [3.05, 3.63) is 72.1 Å². The number of fused-ring (bicyclic) bond motifs is 1. The molecule has 186 valence electrons. The van der Waals surface area contributed by atoms with Gasteiger partial charge >= 0.3 is 0 Å². The molecular formula is C29H38N4O2. The molecule has 0 radical (unpaired) electrons. The Morgan fingerprint density at radius 3 is 2.31 bits per heavy atom. The van der Waals surface area contributed by atoms with E-state index in [2.05, 4.69) is 33.0 Å². The molecule has 2 aromatic carbocycles. The molecule has 1 heterocycles. The smallest absolute Gasteiger partial charge is 0.243 e. The van der Waals surface area contributed by atoms with Crippen molar-refractivity contribution in [2.75, 3.05) is 19.6 Å². The average Bonchev–Trinajstić information content (AvgIpc) is 3.17. The Balaban J connectivity index is 1.64. The second-order valence-corrected chi connectivity index (χ2v) is 9.83. The Morgan fingerprint density at radius 2 is 1.63 bits per heavy atom. The number of nitrogens with zero attached hydrogens (tertiary/aromatic N) is 3. The Labute approximate surface area is 209 Å². The van der Waals surface area contributed by atoms with Gasteiger partial charge in [-0.05, 0) is 42.0 Å². The molecule has 3 rings (SSSR count). The third-order valence-corrected chi connectivity index (χ3v) is 5.65. The van der Waals surface area contributed by atoms with Crippen LogP contribution < -0.4 is 5.32 Å². The minimum atomic E-state index is -0.115. The van der Waals surface area contributed by atoms with E-state index in [0.717, 1.165) is 41.9 Å². The molecule has 0 fully saturated rings. The molecule has 0 saturated carbocycles. The minimum absolute atomic E-state index is 0.115. The number of para-hydroxylation sites is 2. The first kappa shape index (κ1) is 26.2. The van der Waals surface area contributed by atoms with Crippen LogP contribution in [-0.4, -0.2) is 45.9 Å². The van der Waals surface area contributed by atoms with Crippen LogP contribution in [0.5, 0.6) is 0 Å². The Morgan fingerprint density at radius 1 is 0.971 bits per heavy atom. The van der Waals surface area contributed by atoms with Crippen LogP contribution in [0, 0.1) is 11.8 Å². The van der Waals surface area contributed by atoms with Gasteiger partial charge in [0.05, 0.1) is 11.0 Å². The van der Waals surface area contributed by atoms with E-state index in [1.54, 1.807) is 12.2 Å². The van der Waals surface area contributed by atoms with E-state index in [9.17, 15) is 9.59 Å². The van der Waals surface area contributed by atoms with Crippen LogP contribution >= 0.6 is 0 Å². The summed E-state index contributed by atoms with van der Waals surface area (Å²) in [6, 6.07) is 17.7. The number of nitrogens with one attached hydrogen (secondary N) is 1. The zero-order chi connectivity index (χ0) is 25.2. The van der Waals surface area contributed by atoms with Crippen molar-refractivity contribution in [3.8, 4) is 0 Å². The van der Waals surface area contributed by atoms with Gasteiger partial charge in [-0.1, -0.05) is 70.2 Å². The van der Waals surface area contributed by atoms with Crippen molar-refractivity contribution in [2.24, 2.45) is 11.8 Å². The van der Waals surface area contributed by atoms with E-state index < -0.39 is 0 Å². The van der Waals surface area contributed by atoms with Gasteiger partial charge in [-0.15, -0.1) is 0 Å². The topological polar surface area (TPSA) is 67.2 Å². The number of aromatic nitrogens is 2. The van der Waals surface area contributed by atoms with Crippen molar-refractivity contribution in [2.45, 2.75) is 47.1 Å². The van der Waals surface area contributed by atoms with Crippen LogP contribution in [0.2, 0.25) is 0 Å². The lowest BCUT2D eigenvalue weighted by Crippen LogP contribution is -2.39. The maximum atomic E-state index is 13.3. The molecule has 0 spiro atoms. The number of carbonyl (C=O) groups excluding carboxylic acids is 2. The molecule has 0 saturated heterocycles. The lowest BCUT2D eigenvalue weighted by Gasteiger charge is -2.27. The predicted molar refractivity (Wildman–Crippen MR) is 143 cm³/mol. The first-order valence-electron chi connectivity index (χ1n) is 12.6. The van der Waals surface area contributed by atoms with Crippen LogP contribution in [0.4, 0.5) is 0 Å². The molecular weight excluding hydrogens is 436 g/mol. The van der Waals surface area contributed by atoms with Gasteiger partial charge in [-0.3, -0.25) is 9.59 Å². The second-order valence-electron chi connectivity index (χ2n) is 9.83. The highest BCUT2D eigenvalue weighted by Gasteiger charge is 2.20. The van der Waals surface area contributed by atoms with Crippen molar-refractivity contribution >= 4 is 28.9 Å². The minimum Gasteiger partial charge on any atom is -0.353 e. The van der Waals surface area contributed by atoms with Gasteiger partial charge in [0.15, 0.2) is 0 Å². The standard InChI is InChI=1S/C29H38N4O2/c1-22(2)19-32(20-23(3)4)29(35)21-33-26-14-9-8-13-25(26)31-27(33)15-10-18-30-28(34)17-16-24-11-6-5-7-12-24/h5-9,11-14,16-17,22-23H,10,15,18-21H2,1-4H3,(H,30,34)/b17-16-. The van der Waals surface area contributed by atoms with Gasteiger partial charge in [0.25, 0.3) is 0 Å². The van der Waals surface area contributed by atoms with Gasteiger partial charge < -0.3 is 14.8 Å². The molecule has 1 N–H and O–H groups in total. The fraction of sp³-hybridized carbons (Fsp3) is 0.414. The number of aryl methyl sites for hydroxylation is 1. The zero-order valence-electron chi connectivity index (χ0n) is 21.4.